The van der Waals surface area contributed by atoms with Crippen LogP contribution in [0.3, 0.4) is 0 Å². The van der Waals surface area contributed by atoms with Crippen LogP contribution in [-0.4, -0.2) is 16.2 Å². The predicted octanol–water partition coefficient (Wildman–Crippen LogP) is 6.83. The van der Waals surface area contributed by atoms with E-state index in [9.17, 15) is 35.5 Å². The van der Waals surface area contributed by atoms with Gasteiger partial charge in [0, 0.05) is 28.7 Å². The van der Waals surface area contributed by atoms with E-state index in [4.69, 9.17) is 0 Å². The van der Waals surface area contributed by atoms with Gasteiger partial charge in [0.15, 0.2) is 23.3 Å². The zero-order valence-electron chi connectivity index (χ0n) is 19.2. The zero-order valence-corrected chi connectivity index (χ0v) is 19.2. The Balaban J connectivity index is 1.88. The average Bonchev–Trinajstić information content (AvgIpc) is 3.20. The lowest BCUT2D eigenvalue weighted by Gasteiger charge is -2.18. The lowest BCUT2D eigenvalue weighted by atomic mass is 10.0. The maximum Gasteiger partial charge on any atom is 0.422 e. The van der Waals surface area contributed by atoms with Crippen molar-refractivity contribution in [2.45, 2.75) is 33.5 Å². The average molecular weight is 509 g/mol. The van der Waals surface area contributed by atoms with Gasteiger partial charge in [-0.3, -0.25) is 4.79 Å². The van der Waals surface area contributed by atoms with E-state index >= 15 is 0 Å². The molecule has 1 amide bonds. The third kappa shape index (κ3) is 3.78. The third-order valence-corrected chi connectivity index (χ3v) is 5.93. The van der Waals surface area contributed by atoms with Gasteiger partial charge >= 0.3 is 6.18 Å². The highest BCUT2D eigenvalue weighted by atomic mass is 19.4. The van der Waals surface area contributed by atoms with Crippen LogP contribution in [0.1, 0.15) is 29.3 Å². The molecule has 0 unspecified atom stereocenters. The summed E-state index contributed by atoms with van der Waals surface area (Å²) in [5, 5.41) is 4.48. The molecule has 0 saturated heterocycles. The number of nitrogens with zero attached hydrogens (tertiary/aromatic N) is 3. The number of anilines is 1. The zero-order chi connectivity index (χ0) is 26.7. The van der Waals surface area contributed by atoms with Crippen LogP contribution in [0.5, 0.6) is 0 Å². The molecule has 36 heavy (non-hydrogen) atoms. The maximum atomic E-state index is 14.6. The van der Waals surface area contributed by atoms with Crippen LogP contribution >= 0.6 is 0 Å². The monoisotopic (exact) mass is 509 g/mol. The molecule has 1 aliphatic heterocycles. The van der Waals surface area contributed by atoms with E-state index in [1.807, 2.05) is 29.7 Å². The van der Waals surface area contributed by atoms with Gasteiger partial charge < -0.3 is 4.57 Å². The van der Waals surface area contributed by atoms with Crippen molar-refractivity contribution in [2.75, 3.05) is 5.01 Å². The first-order valence-corrected chi connectivity index (χ1v) is 10.5. The van der Waals surface area contributed by atoms with Crippen molar-refractivity contribution in [3.8, 4) is 0 Å². The quantitative estimate of drug-likeness (QED) is 0.165. The first-order valence-electron chi connectivity index (χ1n) is 10.5. The van der Waals surface area contributed by atoms with Gasteiger partial charge in [0.1, 0.15) is 11.3 Å². The summed E-state index contributed by atoms with van der Waals surface area (Å²) in [4.78, 5) is 13.1. The van der Waals surface area contributed by atoms with Gasteiger partial charge in [-0.2, -0.15) is 23.3 Å². The fourth-order valence-electron chi connectivity index (χ4n) is 4.20. The Kier molecular flexibility index (Phi) is 6.06. The van der Waals surface area contributed by atoms with Crippen molar-refractivity contribution < 1.29 is 35.5 Å². The number of rotatable bonds is 4. The second-order valence-corrected chi connectivity index (χ2v) is 8.26. The van der Waals surface area contributed by atoms with E-state index < -0.39 is 46.6 Å². The second-order valence-electron chi connectivity index (χ2n) is 8.26. The molecule has 0 saturated carbocycles. The molecule has 0 atom stereocenters. The molecule has 0 fully saturated rings. The number of alkyl halides is 3. The Morgan fingerprint density at radius 2 is 1.61 bits per heavy atom. The largest absolute Gasteiger partial charge is 0.422 e. The Bertz CT molecular complexity index is 1480. The van der Waals surface area contributed by atoms with E-state index in [1.54, 1.807) is 13.0 Å². The van der Waals surface area contributed by atoms with E-state index in [0.29, 0.717) is 12.1 Å². The van der Waals surface area contributed by atoms with Crippen molar-refractivity contribution in [3.05, 3.63) is 82.1 Å². The molecule has 0 spiro atoms. The maximum absolute atomic E-state index is 14.6. The number of fused-ring (bicyclic) bond motifs is 1. The van der Waals surface area contributed by atoms with Crippen LogP contribution in [0.15, 0.2) is 41.5 Å². The lowest BCUT2D eigenvalue weighted by molar-refractivity contribution is -0.143. The summed E-state index contributed by atoms with van der Waals surface area (Å²) in [6, 6.07) is 5.65. The minimum absolute atomic E-state index is 0.0294. The van der Waals surface area contributed by atoms with Gasteiger partial charge in [-0.05, 0) is 39.0 Å². The van der Waals surface area contributed by atoms with E-state index in [0.717, 1.165) is 22.2 Å². The molecule has 3 aromatic rings. The molecule has 1 aliphatic rings. The summed E-state index contributed by atoms with van der Waals surface area (Å²) in [7, 11) is 0. The second kappa shape index (κ2) is 8.65. The lowest BCUT2D eigenvalue weighted by Crippen LogP contribution is -2.26. The number of benzene rings is 2. The summed E-state index contributed by atoms with van der Waals surface area (Å²) in [5.74, 6) is -11.3. The highest BCUT2D eigenvalue weighted by Gasteiger charge is 2.45. The third-order valence-electron chi connectivity index (χ3n) is 5.93. The SMILES string of the molecule is C=CCn1c(C)c(/C=C2/C(=O)N(c3c(F)c(F)c(C(F)(F)F)c(F)c3F)N=C2C)c2cc(C)ccc21. The van der Waals surface area contributed by atoms with Crippen molar-refractivity contribution in [1.82, 2.24) is 4.57 Å². The van der Waals surface area contributed by atoms with Crippen LogP contribution in [0, 0.1) is 37.1 Å². The number of aryl methyl sites for hydroxylation is 1. The topological polar surface area (TPSA) is 37.6 Å². The van der Waals surface area contributed by atoms with Gasteiger partial charge in [0.2, 0.25) is 0 Å². The van der Waals surface area contributed by atoms with Crippen LogP contribution in [0.25, 0.3) is 17.0 Å². The van der Waals surface area contributed by atoms with Gasteiger partial charge in [0.25, 0.3) is 5.91 Å². The summed E-state index contributed by atoms with van der Waals surface area (Å²) in [6.07, 6.45) is -2.61. The molecule has 0 bridgehead atoms. The van der Waals surface area contributed by atoms with E-state index in [1.165, 1.54) is 13.0 Å². The molecule has 0 N–H and O–H groups in total. The predicted molar refractivity (Wildman–Crippen MR) is 121 cm³/mol. The van der Waals surface area contributed by atoms with Crippen LogP contribution in [-0.2, 0) is 17.5 Å². The standard InChI is InChI=1S/C25H18F7N3O/c1-5-8-34-13(4)15(16-9-11(2)6-7-17(16)34)10-14-12(3)33-35(24(14)36)23-21(28)19(26)18(25(30,31)32)20(27)22(23)29/h5-7,9-10H,1,8H2,2-4H3/b14-10+. The minimum Gasteiger partial charge on any atom is -0.340 e. The minimum atomic E-state index is -5.71. The number of hydrazone groups is 1. The Morgan fingerprint density at radius 1 is 1.00 bits per heavy atom. The Labute approximate surface area is 200 Å². The number of hydrogen-bond acceptors (Lipinski definition) is 2. The number of hydrogen-bond donors (Lipinski definition) is 0. The number of amides is 1. The Hall–Kier alpha value is -3.89. The van der Waals surface area contributed by atoms with Crippen molar-refractivity contribution in [1.29, 1.82) is 0 Å². The van der Waals surface area contributed by atoms with Crippen molar-refractivity contribution >= 4 is 34.3 Å². The molecule has 4 rings (SSSR count). The first kappa shape index (κ1) is 25.2. The molecule has 0 radical (unpaired) electrons. The molecule has 2 heterocycles. The van der Waals surface area contributed by atoms with Gasteiger partial charge in [-0.25, -0.2) is 17.6 Å². The number of halogens is 7. The first-order chi connectivity index (χ1) is 16.8. The smallest absolute Gasteiger partial charge is 0.340 e. The van der Waals surface area contributed by atoms with Gasteiger partial charge in [-0.1, -0.05) is 17.7 Å². The number of allylic oxidation sites excluding steroid dienone is 1. The summed E-state index contributed by atoms with van der Waals surface area (Å²) >= 11 is 0. The highest BCUT2D eigenvalue weighted by Crippen LogP contribution is 2.41. The number of aromatic nitrogens is 1. The van der Waals surface area contributed by atoms with E-state index in [2.05, 4.69) is 11.7 Å². The molecular formula is C25H18F7N3O. The van der Waals surface area contributed by atoms with Crippen LogP contribution in [0.2, 0.25) is 0 Å². The molecule has 11 heteroatoms. The molecule has 1 aromatic heterocycles. The fraction of sp³-hybridized carbons (Fsp3) is 0.200. The number of carbonyl (C=O) groups is 1. The normalized spacial score (nSPS) is 15.4. The number of carbonyl (C=O) groups excluding carboxylic acids is 1. The summed E-state index contributed by atoms with van der Waals surface area (Å²) in [6.45, 7) is 9.15. The van der Waals surface area contributed by atoms with E-state index in [-0.39, 0.29) is 16.3 Å². The van der Waals surface area contributed by atoms with Gasteiger partial charge in [0.05, 0.1) is 11.3 Å². The Morgan fingerprint density at radius 3 is 2.17 bits per heavy atom. The molecule has 188 valence electrons. The van der Waals surface area contributed by atoms with Crippen molar-refractivity contribution in [2.24, 2.45) is 5.10 Å². The molecule has 2 aromatic carbocycles. The summed E-state index contributed by atoms with van der Waals surface area (Å²) in [5.41, 5.74) is -1.56. The van der Waals surface area contributed by atoms with Crippen LogP contribution < -0.4 is 5.01 Å². The van der Waals surface area contributed by atoms with Crippen LogP contribution in [0.4, 0.5) is 36.4 Å². The molecule has 4 nitrogen and oxygen atoms in total. The van der Waals surface area contributed by atoms with Gasteiger partial charge in [-0.15, -0.1) is 6.58 Å². The fourth-order valence-corrected chi connectivity index (χ4v) is 4.20. The highest BCUT2D eigenvalue weighted by molar-refractivity contribution is 6.32. The molecular weight excluding hydrogens is 491 g/mol. The molecule has 0 aliphatic carbocycles. The summed E-state index contributed by atoms with van der Waals surface area (Å²) < 4.78 is 98.2. The van der Waals surface area contributed by atoms with Crippen molar-refractivity contribution in [3.63, 3.8) is 0 Å².